The zero-order valence-corrected chi connectivity index (χ0v) is 16.9. The minimum Gasteiger partial charge on any atom is -0.454 e. The largest absolute Gasteiger partial charge is 0.454 e. The van der Waals surface area contributed by atoms with Crippen molar-refractivity contribution in [2.45, 2.75) is 56.8 Å². The second-order valence-corrected chi connectivity index (χ2v) is 8.04. The van der Waals surface area contributed by atoms with Crippen LogP contribution in [0.2, 0.25) is 0 Å². The highest BCUT2D eigenvalue weighted by Gasteiger charge is 2.32. The monoisotopic (exact) mass is 419 g/mol. The van der Waals surface area contributed by atoms with Crippen LogP contribution in [0.25, 0.3) is 0 Å². The maximum atomic E-state index is 12.4. The van der Waals surface area contributed by atoms with Crippen molar-refractivity contribution in [3.05, 3.63) is 18.2 Å². The summed E-state index contributed by atoms with van der Waals surface area (Å²) in [7, 11) is 0. The van der Waals surface area contributed by atoms with Gasteiger partial charge in [-0.2, -0.15) is 0 Å². The summed E-state index contributed by atoms with van der Waals surface area (Å²) in [5.41, 5.74) is 0.592. The molecule has 4 N–H and O–H groups in total. The first-order valence-electron chi connectivity index (χ1n) is 10.6. The molecule has 0 spiro atoms. The van der Waals surface area contributed by atoms with E-state index in [1.54, 1.807) is 18.2 Å². The van der Waals surface area contributed by atoms with Gasteiger partial charge >= 0.3 is 6.03 Å². The Hall–Kier alpha value is -2.52. The maximum absolute atomic E-state index is 12.4. The van der Waals surface area contributed by atoms with Gasteiger partial charge in [0.15, 0.2) is 11.5 Å². The van der Waals surface area contributed by atoms with Crippen molar-refractivity contribution in [2.24, 2.45) is 5.92 Å². The van der Waals surface area contributed by atoms with Gasteiger partial charge < -0.3 is 35.3 Å². The van der Waals surface area contributed by atoms with Gasteiger partial charge in [0, 0.05) is 24.2 Å². The Morgan fingerprint density at radius 1 is 1.10 bits per heavy atom. The first-order valence-corrected chi connectivity index (χ1v) is 10.6. The average Bonchev–Trinajstić information content (AvgIpc) is 3.15. The molecular weight excluding hydrogens is 390 g/mol. The number of aliphatic hydroxyl groups is 1. The summed E-state index contributed by atoms with van der Waals surface area (Å²) < 4.78 is 16.5. The summed E-state index contributed by atoms with van der Waals surface area (Å²) in [6.45, 7) is 0.564. The van der Waals surface area contributed by atoms with E-state index in [0.717, 1.165) is 25.7 Å². The predicted octanol–water partition coefficient (Wildman–Crippen LogP) is 1.75. The van der Waals surface area contributed by atoms with Crippen molar-refractivity contribution in [3.8, 4) is 11.5 Å². The summed E-state index contributed by atoms with van der Waals surface area (Å²) in [6, 6.07) is 4.53. The van der Waals surface area contributed by atoms with Crippen molar-refractivity contribution in [1.29, 1.82) is 0 Å². The molecular formula is C21H29N3O6. The number of anilines is 1. The van der Waals surface area contributed by atoms with Gasteiger partial charge in [-0.25, -0.2) is 4.79 Å². The van der Waals surface area contributed by atoms with Crippen molar-refractivity contribution in [2.75, 3.05) is 25.3 Å². The fourth-order valence-corrected chi connectivity index (χ4v) is 3.99. The zero-order chi connectivity index (χ0) is 20.9. The van der Waals surface area contributed by atoms with Gasteiger partial charge in [0.05, 0.1) is 18.8 Å². The number of urea groups is 1. The van der Waals surface area contributed by atoms with E-state index in [1.165, 1.54) is 0 Å². The van der Waals surface area contributed by atoms with E-state index < -0.39 is 6.10 Å². The molecule has 0 bridgehead atoms. The van der Waals surface area contributed by atoms with Crippen LogP contribution in [-0.2, 0) is 9.53 Å². The van der Waals surface area contributed by atoms with E-state index in [9.17, 15) is 14.7 Å². The Kier molecular flexibility index (Phi) is 6.59. The standard InChI is InChI=1S/C21H29N3O6/c25-11-19-16(6-5-15(30-19)8-9-22-20(26)13-2-1-3-13)24-21(27)23-14-4-7-17-18(10-14)29-12-28-17/h4,7,10,13,15-16,19,25H,1-3,5-6,8-9,11-12H2,(H,22,26)(H2,23,24,27)/t15-,16+,19+/m0/s1. The van der Waals surface area contributed by atoms with Crippen LogP contribution in [0, 0.1) is 5.92 Å². The van der Waals surface area contributed by atoms with Gasteiger partial charge in [-0.15, -0.1) is 0 Å². The molecule has 0 radical (unpaired) electrons. The Balaban J connectivity index is 1.21. The van der Waals surface area contributed by atoms with Crippen LogP contribution in [0.4, 0.5) is 10.5 Å². The number of aliphatic hydroxyl groups excluding tert-OH is 1. The van der Waals surface area contributed by atoms with Crippen LogP contribution < -0.4 is 25.4 Å². The molecule has 0 aromatic heterocycles. The van der Waals surface area contributed by atoms with E-state index in [2.05, 4.69) is 16.0 Å². The van der Waals surface area contributed by atoms with Gasteiger partial charge in [-0.3, -0.25) is 4.79 Å². The molecule has 1 saturated heterocycles. The molecule has 2 heterocycles. The number of carbonyl (C=O) groups excluding carboxylic acids is 2. The zero-order valence-electron chi connectivity index (χ0n) is 16.9. The molecule has 2 aliphatic heterocycles. The average molecular weight is 419 g/mol. The van der Waals surface area contributed by atoms with Crippen molar-refractivity contribution in [1.82, 2.24) is 10.6 Å². The van der Waals surface area contributed by atoms with Crippen LogP contribution in [0.5, 0.6) is 11.5 Å². The molecule has 30 heavy (non-hydrogen) atoms. The molecule has 1 aromatic carbocycles. The number of carbonyl (C=O) groups is 2. The molecule has 2 fully saturated rings. The normalized spacial score (nSPS) is 25.3. The number of benzene rings is 1. The number of amides is 3. The molecule has 1 saturated carbocycles. The highest BCUT2D eigenvalue weighted by molar-refractivity contribution is 5.90. The molecule has 9 nitrogen and oxygen atoms in total. The summed E-state index contributed by atoms with van der Waals surface area (Å²) in [4.78, 5) is 24.3. The van der Waals surface area contributed by atoms with Crippen LogP contribution >= 0.6 is 0 Å². The molecule has 3 aliphatic rings. The molecule has 1 aromatic rings. The minimum atomic E-state index is -0.478. The smallest absolute Gasteiger partial charge is 0.319 e. The molecule has 0 unspecified atom stereocenters. The number of rotatable bonds is 7. The topological polar surface area (TPSA) is 118 Å². The van der Waals surface area contributed by atoms with E-state index in [1.807, 2.05) is 0 Å². The summed E-state index contributed by atoms with van der Waals surface area (Å²) in [6.07, 6.45) is 4.74. The van der Waals surface area contributed by atoms with E-state index in [-0.39, 0.29) is 43.4 Å². The van der Waals surface area contributed by atoms with E-state index in [4.69, 9.17) is 14.2 Å². The Morgan fingerprint density at radius 3 is 2.70 bits per heavy atom. The number of hydrogen-bond donors (Lipinski definition) is 4. The number of ether oxygens (including phenoxy) is 3. The number of fused-ring (bicyclic) bond motifs is 1. The third kappa shape index (κ3) is 4.96. The van der Waals surface area contributed by atoms with Crippen molar-refractivity contribution < 1.29 is 28.9 Å². The van der Waals surface area contributed by atoms with Crippen LogP contribution in [0.1, 0.15) is 38.5 Å². The van der Waals surface area contributed by atoms with Gasteiger partial charge in [0.25, 0.3) is 0 Å². The number of nitrogens with one attached hydrogen (secondary N) is 3. The van der Waals surface area contributed by atoms with E-state index in [0.29, 0.717) is 36.6 Å². The maximum Gasteiger partial charge on any atom is 0.319 e. The third-order valence-electron chi connectivity index (χ3n) is 5.98. The van der Waals surface area contributed by atoms with Gasteiger partial charge in [-0.05, 0) is 44.2 Å². The molecule has 3 amide bonds. The first-order chi connectivity index (χ1) is 14.6. The highest BCUT2D eigenvalue weighted by Crippen LogP contribution is 2.34. The SMILES string of the molecule is O=C(Nc1ccc2c(c1)OCO2)N[C@@H]1CC[C@@H](CCNC(=O)C2CCC2)O[C@@H]1CO. The lowest BCUT2D eigenvalue weighted by Gasteiger charge is -2.36. The summed E-state index contributed by atoms with van der Waals surface area (Å²) in [5.74, 6) is 1.56. The molecule has 1 aliphatic carbocycles. The second-order valence-electron chi connectivity index (χ2n) is 8.04. The Bertz CT molecular complexity index is 769. The van der Waals surface area contributed by atoms with Gasteiger partial charge in [0.1, 0.15) is 6.10 Å². The molecule has 9 heteroatoms. The molecule has 3 atom stereocenters. The van der Waals surface area contributed by atoms with Gasteiger partial charge in [-0.1, -0.05) is 6.42 Å². The van der Waals surface area contributed by atoms with Crippen LogP contribution in [-0.4, -0.2) is 55.2 Å². The first kappa shape index (κ1) is 20.7. The predicted molar refractivity (Wildman–Crippen MR) is 108 cm³/mol. The highest BCUT2D eigenvalue weighted by atomic mass is 16.7. The second kappa shape index (κ2) is 9.53. The van der Waals surface area contributed by atoms with Crippen LogP contribution in [0.15, 0.2) is 18.2 Å². The fourth-order valence-electron chi connectivity index (χ4n) is 3.99. The summed E-state index contributed by atoms with van der Waals surface area (Å²) in [5, 5.41) is 18.3. The lowest BCUT2D eigenvalue weighted by atomic mass is 9.85. The molecule has 4 rings (SSSR count). The third-order valence-corrected chi connectivity index (χ3v) is 5.98. The van der Waals surface area contributed by atoms with E-state index >= 15 is 0 Å². The number of hydrogen-bond acceptors (Lipinski definition) is 6. The van der Waals surface area contributed by atoms with Crippen molar-refractivity contribution in [3.63, 3.8) is 0 Å². The Morgan fingerprint density at radius 2 is 1.93 bits per heavy atom. The minimum absolute atomic E-state index is 0.0428. The fraction of sp³-hybridized carbons (Fsp3) is 0.619. The lowest BCUT2D eigenvalue weighted by molar-refractivity contribution is -0.127. The van der Waals surface area contributed by atoms with Crippen LogP contribution in [0.3, 0.4) is 0 Å². The van der Waals surface area contributed by atoms with Crippen molar-refractivity contribution >= 4 is 17.6 Å². The quantitative estimate of drug-likeness (QED) is 0.535. The Labute approximate surface area is 175 Å². The lowest BCUT2D eigenvalue weighted by Crippen LogP contribution is -2.52. The summed E-state index contributed by atoms with van der Waals surface area (Å²) >= 11 is 0. The van der Waals surface area contributed by atoms with Gasteiger partial charge in [0.2, 0.25) is 12.7 Å². The molecule has 164 valence electrons.